The van der Waals surface area contributed by atoms with Crippen LogP contribution in [0.1, 0.15) is 5.69 Å². The predicted octanol–water partition coefficient (Wildman–Crippen LogP) is 2.66. The molecule has 3 N–H and O–H groups in total. The van der Waals surface area contributed by atoms with Crippen LogP contribution in [-0.4, -0.2) is 16.1 Å². The van der Waals surface area contributed by atoms with Crippen molar-refractivity contribution in [1.82, 2.24) is 10.2 Å². The fourth-order valence-electron chi connectivity index (χ4n) is 2.09. The lowest BCUT2D eigenvalue weighted by atomic mass is 10.0. The number of aromatic amines is 1. The molecule has 0 aliphatic carbocycles. The first-order valence-electron chi connectivity index (χ1n) is 6.45. The number of allylic oxidation sites excluding steroid dienone is 5. The van der Waals surface area contributed by atoms with Crippen LogP contribution in [0, 0.1) is 0 Å². The number of rotatable bonds is 5. The van der Waals surface area contributed by atoms with E-state index in [4.69, 9.17) is 17.3 Å². The maximum atomic E-state index is 11.8. The van der Waals surface area contributed by atoms with Crippen molar-refractivity contribution in [3.63, 3.8) is 0 Å². The molecule has 4 nitrogen and oxygen atoms in total. The van der Waals surface area contributed by atoms with Crippen LogP contribution < -0.4 is 11.3 Å². The lowest BCUT2D eigenvalue weighted by molar-refractivity contribution is 0.933. The Morgan fingerprint density at radius 3 is 2.76 bits per heavy atom. The number of fused-ring (bicyclic) bond motifs is 1. The normalized spacial score (nSPS) is 12.6. The molecule has 108 valence electrons. The zero-order valence-corrected chi connectivity index (χ0v) is 12.2. The van der Waals surface area contributed by atoms with E-state index in [0.717, 1.165) is 16.7 Å². The average Bonchev–Trinajstić information content (AvgIpc) is 2.50. The largest absolute Gasteiger partial charge is 0.401 e. The van der Waals surface area contributed by atoms with Crippen LogP contribution in [0.3, 0.4) is 0 Å². The molecule has 0 fully saturated rings. The molecule has 0 aliphatic rings. The number of benzene rings is 1. The summed E-state index contributed by atoms with van der Waals surface area (Å²) in [6.07, 6.45) is 5.86. The number of halogens is 1. The van der Waals surface area contributed by atoms with Crippen molar-refractivity contribution >= 4 is 22.4 Å². The van der Waals surface area contributed by atoms with E-state index < -0.39 is 0 Å². The van der Waals surface area contributed by atoms with Crippen molar-refractivity contribution in [2.45, 2.75) is 6.42 Å². The molecular formula is C16H16ClN3O. The van der Waals surface area contributed by atoms with Crippen molar-refractivity contribution in [3.05, 3.63) is 76.4 Å². The van der Waals surface area contributed by atoms with Crippen molar-refractivity contribution in [2.75, 3.05) is 5.88 Å². The fraction of sp³-hybridized carbons (Fsp3) is 0.125. The number of nitrogens with two attached hydrogens (primary N) is 1. The Morgan fingerprint density at radius 2 is 2.10 bits per heavy atom. The van der Waals surface area contributed by atoms with Gasteiger partial charge < -0.3 is 5.73 Å². The molecule has 1 aromatic carbocycles. The van der Waals surface area contributed by atoms with Gasteiger partial charge in [0.2, 0.25) is 0 Å². The van der Waals surface area contributed by atoms with Crippen molar-refractivity contribution in [3.8, 4) is 0 Å². The molecule has 0 amide bonds. The summed E-state index contributed by atoms with van der Waals surface area (Å²) in [5, 5.41) is 8.11. The summed E-state index contributed by atoms with van der Waals surface area (Å²) in [6, 6.07) is 7.37. The minimum Gasteiger partial charge on any atom is -0.401 e. The minimum absolute atomic E-state index is 0.195. The van der Waals surface area contributed by atoms with Gasteiger partial charge >= 0.3 is 0 Å². The summed E-state index contributed by atoms with van der Waals surface area (Å²) >= 11 is 5.71. The molecule has 1 heterocycles. The van der Waals surface area contributed by atoms with E-state index in [1.165, 1.54) is 0 Å². The standard InChI is InChI=1S/C16H16ClN3O/c1-2-5-11(8-12(18)10-17)9-15-13-6-3-4-7-14(13)16(21)20-19-15/h2-8H,1,9-10,18H2,(H,20,21)/b11-5+,12-8+. The van der Waals surface area contributed by atoms with E-state index in [9.17, 15) is 4.79 Å². The van der Waals surface area contributed by atoms with Gasteiger partial charge in [-0.1, -0.05) is 36.9 Å². The molecule has 2 aromatic rings. The van der Waals surface area contributed by atoms with Crippen LogP contribution in [0.4, 0.5) is 0 Å². The van der Waals surface area contributed by atoms with Gasteiger partial charge in [0, 0.05) is 17.5 Å². The van der Waals surface area contributed by atoms with Crippen LogP contribution >= 0.6 is 11.6 Å². The minimum atomic E-state index is -0.195. The highest BCUT2D eigenvalue weighted by molar-refractivity contribution is 6.19. The first kappa shape index (κ1) is 15.1. The van der Waals surface area contributed by atoms with Crippen molar-refractivity contribution in [1.29, 1.82) is 0 Å². The van der Waals surface area contributed by atoms with Crippen LogP contribution in [0.15, 0.2) is 65.1 Å². The lowest BCUT2D eigenvalue weighted by Crippen LogP contribution is -2.11. The molecule has 5 heteroatoms. The van der Waals surface area contributed by atoms with Crippen molar-refractivity contribution < 1.29 is 0 Å². The van der Waals surface area contributed by atoms with E-state index in [2.05, 4.69) is 16.8 Å². The molecule has 0 atom stereocenters. The molecule has 0 spiro atoms. The van der Waals surface area contributed by atoms with Gasteiger partial charge in [0.15, 0.2) is 0 Å². The van der Waals surface area contributed by atoms with E-state index in [-0.39, 0.29) is 11.4 Å². The van der Waals surface area contributed by atoms with Crippen LogP contribution in [0.2, 0.25) is 0 Å². The molecule has 0 saturated heterocycles. The third-order valence-corrected chi connectivity index (χ3v) is 3.31. The molecule has 0 radical (unpaired) electrons. The highest BCUT2D eigenvalue weighted by Crippen LogP contribution is 2.17. The molecule has 0 saturated carbocycles. The second kappa shape index (κ2) is 6.90. The molecule has 1 aromatic heterocycles. The summed E-state index contributed by atoms with van der Waals surface area (Å²) in [7, 11) is 0. The Morgan fingerprint density at radius 1 is 1.38 bits per heavy atom. The summed E-state index contributed by atoms with van der Waals surface area (Å²) < 4.78 is 0. The lowest BCUT2D eigenvalue weighted by Gasteiger charge is -2.06. The number of aromatic nitrogens is 2. The summed E-state index contributed by atoms with van der Waals surface area (Å²) in [5.74, 6) is 0.258. The van der Waals surface area contributed by atoms with Crippen LogP contribution in [-0.2, 0) is 6.42 Å². The van der Waals surface area contributed by atoms with Gasteiger partial charge in [0.25, 0.3) is 5.56 Å². The first-order valence-corrected chi connectivity index (χ1v) is 6.99. The molecular weight excluding hydrogens is 286 g/mol. The fourth-order valence-corrected chi connectivity index (χ4v) is 2.16. The topological polar surface area (TPSA) is 71.8 Å². The van der Waals surface area contributed by atoms with Gasteiger partial charge in [-0.25, -0.2) is 5.10 Å². The van der Waals surface area contributed by atoms with Gasteiger partial charge in [0.1, 0.15) is 0 Å². The molecule has 0 unspecified atom stereocenters. The molecule has 0 aliphatic heterocycles. The van der Waals surface area contributed by atoms with E-state index >= 15 is 0 Å². The smallest absolute Gasteiger partial charge is 0.272 e. The Kier molecular flexibility index (Phi) is 4.95. The average molecular weight is 302 g/mol. The Balaban J connectivity index is 2.47. The Bertz CT molecular complexity index is 774. The Labute approximate surface area is 127 Å². The highest BCUT2D eigenvalue weighted by Gasteiger charge is 2.07. The molecule has 2 rings (SSSR count). The van der Waals surface area contributed by atoms with Crippen LogP contribution in [0.5, 0.6) is 0 Å². The monoisotopic (exact) mass is 301 g/mol. The third-order valence-electron chi connectivity index (χ3n) is 3.00. The molecule has 21 heavy (non-hydrogen) atoms. The second-order valence-electron chi connectivity index (χ2n) is 4.55. The number of hydrogen-bond donors (Lipinski definition) is 2. The number of H-pyrrole nitrogens is 1. The summed E-state index contributed by atoms with van der Waals surface area (Å²) in [5.41, 5.74) is 7.84. The number of nitrogens with zero attached hydrogens (tertiary/aromatic N) is 1. The SMILES string of the molecule is C=C/C=C(\C=C(\N)CCl)Cc1n[nH]c(=O)c2ccccc12. The summed E-state index contributed by atoms with van der Waals surface area (Å²) in [4.78, 5) is 11.8. The number of nitrogens with one attached hydrogen (secondary N) is 1. The highest BCUT2D eigenvalue weighted by atomic mass is 35.5. The van der Waals surface area contributed by atoms with E-state index in [1.54, 1.807) is 18.2 Å². The van der Waals surface area contributed by atoms with E-state index in [1.807, 2.05) is 24.3 Å². The van der Waals surface area contributed by atoms with Gasteiger partial charge in [-0.3, -0.25) is 4.79 Å². The van der Waals surface area contributed by atoms with Crippen LogP contribution in [0.25, 0.3) is 10.8 Å². The zero-order chi connectivity index (χ0) is 15.2. The number of alkyl halides is 1. The van der Waals surface area contributed by atoms with E-state index in [0.29, 0.717) is 17.5 Å². The van der Waals surface area contributed by atoms with Crippen molar-refractivity contribution in [2.24, 2.45) is 5.73 Å². The zero-order valence-electron chi connectivity index (χ0n) is 11.5. The summed E-state index contributed by atoms with van der Waals surface area (Å²) in [6.45, 7) is 3.69. The molecule has 0 bridgehead atoms. The maximum absolute atomic E-state index is 11.8. The Hall–Kier alpha value is -2.33. The van der Waals surface area contributed by atoms with Gasteiger partial charge in [0.05, 0.1) is 17.0 Å². The predicted molar refractivity (Wildman–Crippen MR) is 87.3 cm³/mol. The maximum Gasteiger partial charge on any atom is 0.272 e. The second-order valence-corrected chi connectivity index (χ2v) is 4.82. The quantitative estimate of drug-likeness (QED) is 0.659. The number of hydrogen-bond acceptors (Lipinski definition) is 3. The van der Waals surface area contributed by atoms with Gasteiger partial charge in [-0.15, -0.1) is 11.6 Å². The third kappa shape index (κ3) is 3.61. The first-order chi connectivity index (χ1) is 10.2. The van der Waals surface area contributed by atoms with Gasteiger partial charge in [-0.05, 0) is 17.7 Å². The van der Waals surface area contributed by atoms with Gasteiger partial charge in [-0.2, -0.15) is 5.10 Å².